The summed E-state index contributed by atoms with van der Waals surface area (Å²) in [5.41, 5.74) is 2.62. The van der Waals surface area contributed by atoms with Crippen molar-refractivity contribution in [3.05, 3.63) is 63.5 Å². The van der Waals surface area contributed by atoms with Crippen molar-refractivity contribution in [1.29, 1.82) is 0 Å². The van der Waals surface area contributed by atoms with Gasteiger partial charge >= 0.3 is 0 Å². The summed E-state index contributed by atoms with van der Waals surface area (Å²) in [5, 5.41) is 10.7. The molecule has 0 fully saturated rings. The molecule has 0 amide bonds. The van der Waals surface area contributed by atoms with Gasteiger partial charge in [0.25, 0.3) is 5.69 Å². The average molecular weight is 285 g/mol. The van der Waals surface area contributed by atoms with Crippen LogP contribution >= 0.6 is 0 Å². The molecule has 0 saturated heterocycles. The highest BCUT2D eigenvalue weighted by Crippen LogP contribution is 2.24. The third-order valence-electron chi connectivity index (χ3n) is 3.11. The summed E-state index contributed by atoms with van der Waals surface area (Å²) >= 11 is 0. The second kappa shape index (κ2) is 6.13. The number of benzene rings is 1. The van der Waals surface area contributed by atoms with Crippen LogP contribution in [0.5, 0.6) is 0 Å². The first kappa shape index (κ1) is 14.6. The molecule has 1 aromatic carbocycles. The summed E-state index contributed by atoms with van der Waals surface area (Å²) in [4.78, 5) is 27.6. The third kappa shape index (κ3) is 3.42. The van der Waals surface area contributed by atoms with Crippen LogP contribution in [0, 0.1) is 17.0 Å². The number of rotatable bonds is 5. The number of nitro groups is 1. The van der Waals surface area contributed by atoms with Gasteiger partial charge in [0, 0.05) is 36.1 Å². The van der Waals surface area contributed by atoms with Crippen LogP contribution in [-0.2, 0) is 6.54 Å². The molecule has 0 saturated carbocycles. The summed E-state index contributed by atoms with van der Waals surface area (Å²) in [7, 11) is 1.82. The van der Waals surface area contributed by atoms with Gasteiger partial charge in [-0.1, -0.05) is 6.07 Å². The lowest BCUT2D eigenvalue weighted by molar-refractivity contribution is -0.384. The van der Waals surface area contributed by atoms with E-state index >= 15 is 0 Å². The number of hydrogen-bond acceptors (Lipinski definition) is 5. The number of non-ortho nitro benzene ring substituents is 1. The van der Waals surface area contributed by atoms with Crippen molar-refractivity contribution in [2.75, 3.05) is 11.9 Å². The van der Waals surface area contributed by atoms with Gasteiger partial charge in [0.1, 0.15) is 0 Å². The predicted molar refractivity (Wildman–Crippen MR) is 79.6 cm³/mol. The molecule has 21 heavy (non-hydrogen) atoms. The highest BCUT2D eigenvalue weighted by molar-refractivity contribution is 5.85. The summed E-state index contributed by atoms with van der Waals surface area (Å²) in [6.07, 6.45) is 0.627. The van der Waals surface area contributed by atoms with Crippen molar-refractivity contribution >= 4 is 17.7 Å². The van der Waals surface area contributed by atoms with Crippen molar-refractivity contribution in [3.8, 4) is 0 Å². The topological polar surface area (TPSA) is 76.3 Å². The van der Waals surface area contributed by atoms with Crippen molar-refractivity contribution < 1.29 is 9.72 Å². The van der Waals surface area contributed by atoms with Crippen LogP contribution < -0.4 is 4.90 Å². The number of nitro benzene ring substituents is 1. The minimum atomic E-state index is -0.515. The molecule has 0 bridgehead atoms. The van der Waals surface area contributed by atoms with Gasteiger partial charge in [0.05, 0.1) is 17.2 Å². The lowest BCUT2D eigenvalue weighted by Crippen LogP contribution is -2.19. The molecule has 0 spiro atoms. The van der Waals surface area contributed by atoms with Crippen LogP contribution in [0.25, 0.3) is 0 Å². The molecule has 6 heteroatoms. The molecular formula is C15H15N3O3. The Bertz CT molecular complexity index is 686. The molecular weight excluding hydrogens is 270 g/mol. The first-order valence-electron chi connectivity index (χ1n) is 6.38. The Balaban J connectivity index is 2.28. The molecule has 0 radical (unpaired) electrons. The van der Waals surface area contributed by atoms with E-state index in [-0.39, 0.29) is 5.69 Å². The zero-order chi connectivity index (χ0) is 15.4. The Morgan fingerprint density at radius 3 is 2.71 bits per heavy atom. The minimum absolute atomic E-state index is 0.0945. The number of aromatic nitrogens is 1. The lowest BCUT2D eigenvalue weighted by atomic mass is 10.1. The first-order valence-corrected chi connectivity index (χ1v) is 6.38. The van der Waals surface area contributed by atoms with Gasteiger partial charge in [0.2, 0.25) is 0 Å². The quantitative estimate of drug-likeness (QED) is 0.479. The summed E-state index contributed by atoms with van der Waals surface area (Å²) in [5.74, 6) is 0. The number of aryl methyl sites for hydroxylation is 1. The number of aldehydes is 1. The fourth-order valence-corrected chi connectivity index (χ4v) is 2.11. The van der Waals surface area contributed by atoms with Gasteiger partial charge in [-0.2, -0.15) is 0 Å². The van der Waals surface area contributed by atoms with E-state index in [0.29, 0.717) is 24.1 Å². The highest BCUT2D eigenvalue weighted by Gasteiger charge is 2.13. The fraction of sp³-hybridized carbons (Fsp3) is 0.200. The Morgan fingerprint density at radius 2 is 2.10 bits per heavy atom. The van der Waals surface area contributed by atoms with Gasteiger partial charge in [-0.3, -0.25) is 19.9 Å². The molecule has 2 aromatic rings. The van der Waals surface area contributed by atoms with E-state index in [1.54, 1.807) is 6.07 Å². The molecule has 0 unspecified atom stereocenters. The number of anilines is 1. The molecule has 1 aromatic heterocycles. The van der Waals surface area contributed by atoms with Crippen LogP contribution in [0.1, 0.15) is 21.7 Å². The third-order valence-corrected chi connectivity index (χ3v) is 3.11. The van der Waals surface area contributed by atoms with Crippen molar-refractivity contribution in [3.63, 3.8) is 0 Å². The van der Waals surface area contributed by atoms with Gasteiger partial charge in [-0.25, -0.2) is 0 Å². The zero-order valence-electron chi connectivity index (χ0n) is 11.8. The average Bonchev–Trinajstić information content (AvgIpc) is 2.46. The van der Waals surface area contributed by atoms with E-state index in [1.807, 2.05) is 37.1 Å². The first-order chi connectivity index (χ1) is 10.0. The molecule has 108 valence electrons. The van der Waals surface area contributed by atoms with E-state index in [9.17, 15) is 14.9 Å². The number of carbonyl (C=O) groups excluding carboxylic acids is 1. The molecule has 2 rings (SSSR count). The van der Waals surface area contributed by atoms with Gasteiger partial charge < -0.3 is 4.90 Å². The van der Waals surface area contributed by atoms with Crippen molar-refractivity contribution in [2.24, 2.45) is 0 Å². The van der Waals surface area contributed by atoms with Gasteiger partial charge in [0.15, 0.2) is 6.29 Å². The normalized spacial score (nSPS) is 10.2. The number of pyridine rings is 1. The summed E-state index contributed by atoms with van der Waals surface area (Å²) in [6, 6.07) is 9.98. The number of nitrogens with zero attached hydrogens (tertiary/aromatic N) is 3. The van der Waals surface area contributed by atoms with E-state index in [4.69, 9.17) is 0 Å². The molecule has 1 heterocycles. The zero-order valence-corrected chi connectivity index (χ0v) is 11.8. The lowest BCUT2D eigenvalue weighted by Gasteiger charge is -2.20. The molecule has 0 aliphatic heterocycles. The maximum Gasteiger partial charge on any atom is 0.270 e. The second-order valence-corrected chi connectivity index (χ2v) is 4.74. The largest absolute Gasteiger partial charge is 0.368 e. The Kier molecular flexibility index (Phi) is 4.27. The van der Waals surface area contributed by atoms with Crippen LogP contribution in [0.15, 0.2) is 36.4 Å². The van der Waals surface area contributed by atoms with Gasteiger partial charge in [-0.15, -0.1) is 0 Å². The van der Waals surface area contributed by atoms with E-state index in [1.165, 1.54) is 12.1 Å². The Hall–Kier alpha value is -2.76. The molecule has 0 atom stereocenters. The Morgan fingerprint density at radius 1 is 1.33 bits per heavy atom. The highest BCUT2D eigenvalue weighted by atomic mass is 16.6. The van der Waals surface area contributed by atoms with Crippen LogP contribution in [0.4, 0.5) is 11.4 Å². The second-order valence-electron chi connectivity index (χ2n) is 4.74. The van der Waals surface area contributed by atoms with Crippen LogP contribution in [0.2, 0.25) is 0 Å². The number of hydrogen-bond donors (Lipinski definition) is 0. The molecule has 0 aliphatic carbocycles. The standard InChI is InChI=1S/C15H15N3O3/c1-11-4-3-5-13(16-11)9-17(2)15-7-6-14(18(20)21)8-12(15)10-19/h3-8,10H,9H2,1-2H3. The minimum Gasteiger partial charge on any atom is -0.368 e. The van der Waals surface area contributed by atoms with Crippen LogP contribution in [0.3, 0.4) is 0 Å². The monoisotopic (exact) mass is 285 g/mol. The summed E-state index contributed by atoms with van der Waals surface area (Å²) in [6.45, 7) is 2.42. The SMILES string of the molecule is Cc1cccc(CN(C)c2ccc([N+](=O)[O-])cc2C=O)n1. The predicted octanol–water partition coefficient (Wildman–Crippen LogP) is 2.75. The summed E-state index contributed by atoms with van der Waals surface area (Å²) < 4.78 is 0. The molecule has 0 aliphatic rings. The molecule has 6 nitrogen and oxygen atoms in total. The smallest absolute Gasteiger partial charge is 0.270 e. The van der Waals surface area contributed by atoms with Gasteiger partial charge in [-0.05, 0) is 25.1 Å². The van der Waals surface area contributed by atoms with E-state index in [2.05, 4.69) is 4.98 Å². The van der Waals surface area contributed by atoms with Crippen molar-refractivity contribution in [1.82, 2.24) is 4.98 Å². The number of carbonyl (C=O) groups is 1. The van der Waals surface area contributed by atoms with E-state index in [0.717, 1.165) is 11.4 Å². The van der Waals surface area contributed by atoms with Crippen LogP contribution in [-0.4, -0.2) is 23.2 Å². The maximum absolute atomic E-state index is 11.1. The molecule has 0 N–H and O–H groups in total. The maximum atomic E-state index is 11.1. The Labute approximate surface area is 122 Å². The van der Waals surface area contributed by atoms with Crippen molar-refractivity contribution in [2.45, 2.75) is 13.5 Å². The van der Waals surface area contributed by atoms with E-state index < -0.39 is 4.92 Å². The fourth-order valence-electron chi connectivity index (χ4n) is 2.11.